The molecule has 0 bridgehead atoms. The Hall–Kier alpha value is -1.88. The molecule has 6 heteroatoms. The van der Waals surface area contributed by atoms with Gasteiger partial charge in [0.25, 0.3) is 5.91 Å². The number of carbonyl (C=O) groups excluding carboxylic acids is 1. The van der Waals surface area contributed by atoms with E-state index >= 15 is 0 Å². The number of aromatic nitrogens is 2. The molecule has 0 saturated heterocycles. The van der Waals surface area contributed by atoms with E-state index in [4.69, 9.17) is 11.6 Å². The van der Waals surface area contributed by atoms with Crippen molar-refractivity contribution in [3.8, 4) is 0 Å². The van der Waals surface area contributed by atoms with Gasteiger partial charge in [0.15, 0.2) is 0 Å². The van der Waals surface area contributed by atoms with Crippen molar-refractivity contribution in [2.75, 3.05) is 14.1 Å². The molecule has 0 N–H and O–H groups in total. The van der Waals surface area contributed by atoms with E-state index in [9.17, 15) is 9.18 Å². The van der Waals surface area contributed by atoms with E-state index in [-0.39, 0.29) is 11.7 Å². The van der Waals surface area contributed by atoms with Crippen molar-refractivity contribution < 1.29 is 9.18 Å². The molecule has 0 fully saturated rings. The molecule has 0 radical (unpaired) electrons. The van der Waals surface area contributed by atoms with Crippen LogP contribution in [0.2, 0.25) is 5.15 Å². The summed E-state index contributed by atoms with van der Waals surface area (Å²) in [7, 11) is 3.32. The van der Waals surface area contributed by atoms with Crippen LogP contribution in [0.1, 0.15) is 21.6 Å². The van der Waals surface area contributed by atoms with Gasteiger partial charge < -0.3 is 4.90 Å². The number of halogens is 2. The SMILES string of the molecule is Cc1nn(Cc2ccc(F)cc2)c(Cl)c1C(=O)N(C)C. The second-order valence-electron chi connectivity index (χ2n) is 4.73. The predicted octanol–water partition coefficient (Wildman–Crippen LogP) is 2.73. The first-order valence-electron chi connectivity index (χ1n) is 6.09. The zero-order valence-corrected chi connectivity index (χ0v) is 12.3. The van der Waals surface area contributed by atoms with Crippen LogP contribution in [0.4, 0.5) is 4.39 Å². The number of carbonyl (C=O) groups is 1. The summed E-state index contributed by atoms with van der Waals surface area (Å²) in [5.41, 5.74) is 1.84. The smallest absolute Gasteiger partial charge is 0.258 e. The number of benzene rings is 1. The topological polar surface area (TPSA) is 38.1 Å². The van der Waals surface area contributed by atoms with Crippen LogP contribution in [0.15, 0.2) is 24.3 Å². The highest BCUT2D eigenvalue weighted by atomic mass is 35.5. The van der Waals surface area contributed by atoms with Crippen LogP contribution in [0.25, 0.3) is 0 Å². The van der Waals surface area contributed by atoms with E-state index in [1.165, 1.54) is 17.0 Å². The van der Waals surface area contributed by atoms with Crippen molar-refractivity contribution in [2.45, 2.75) is 13.5 Å². The number of nitrogens with zero attached hydrogens (tertiary/aromatic N) is 3. The highest BCUT2D eigenvalue weighted by Gasteiger charge is 2.21. The Balaban J connectivity index is 2.32. The lowest BCUT2D eigenvalue weighted by molar-refractivity contribution is 0.0827. The van der Waals surface area contributed by atoms with Gasteiger partial charge in [0.2, 0.25) is 0 Å². The third kappa shape index (κ3) is 2.82. The van der Waals surface area contributed by atoms with Gasteiger partial charge in [0.05, 0.1) is 17.8 Å². The maximum absolute atomic E-state index is 12.9. The fraction of sp³-hybridized carbons (Fsp3) is 0.286. The van der Waals surface area contributed by atoms with Crippen LogP contribution in [-0.2, 0) is 6.54 Å². The fourth-order valence-corrected chi connectivity index (χ4v) is 2.20. The minimum absolute atomic E-state index is 0.183. The van der Waals surface area contributed by atoms with Crippen molar-refractivity contribution in [3.63, 3.8) is 0 Å². The Labute approximate surface area is 121 Å². The van der Waals surface area contributed by atoms with Gasteiger partial charge in [-0.3, -0.25) is 4.79 Å². The molecule has 0 unspecified atom stereocenters. The molecular formula is C14H15ClFN3O. The molecular weight excluding hydrogens is 281 g/mol. The predicted molar refractivity (Wildman–Crippen MR) is 75.5 cm³/mol. The average Bonchev–Trinajstić information content (AvgIpc) is 2.66. The molecule has 2 aromatic rings. The monoisotopic (exact) mass is 295 g/mol. The molecule has 0 aliphatic rings. The number of amides is 1. The minimum atomic E-state index is -0.292. The van der Waals surface area contributed by atoms with Gasteiger partial charge >= 0.3 is 0 Å². The Morgan fingerprint density at radius 2 is 1.95 bits per heavy atom. The number of aryl methyl sites for hydroxylation is 1. The van der Waals surface area contributed by atoms with E-state index in [1.807, 2.05) is 0 Å². The van der Waals surface area contributed by atoms with Gasteiger partial charge in [-0.15, -0.1) is 0 Å². The maximum Gasteiger partial charge on any atom is 0.258 e. The Bertz CT molecular complexity index is 635. The first-order valence-corrected chi connectivity index (χ1v) is 6.47. The Morgan fingerprint density at radius 1 is 1.35 bits per heavy atom. The first kappa shape index (κ1) is 14.5. The van der Waals surface area contributed by atoms with Gasteiger partial charge in [0, 0.05) is 14.1 Å². The Kier molecular flexibility index (Phi) is 4.09. The molecule has 0 aliphatic carbocycles. The third-order valence-electron chi connectivity index (χ3n) is 2.93. The number of hydrogen-bond donors (Lipinski definition) is 0. The quantitative estimate of drug-likeness (QED) is 0.873. The highest BCUT2D eigenvalue weighted by Crippen LogP contribution is 2.22. The molecule has 1 aromatic heterocycles. The number of rotatable bonds is 3. The number of hydrogen-bond acceptors (Lipinski definition) is 2. The fourth-order valence-electron chi connectivity index (χ4n) is 1.89. The molecule has 4 nitrogen and oxygen atoms in total. The van der Waals surface area contributed by atoms with Gasteiger partial charge in [-0.2, -0.15) is 5.10 Å². The summed E-state index contributed by atoms with van der Waals surface area (Å²) in [6, 6.07) is 6.09. The van der Waals surface area contributed by atoms with Crippen LogP contribution in [0.3, 0.4) is 0 Å². The van der Waals surface area contributed by atoms with E-state index < -0.39 is 0 Å². The van der Waals surface area contributed by atoms with Gasteiger partial charge in [-0.1, -0.05) is 23.7 Å². The third-order valence-corrected chi connectivity index (χ3v) is 3.32. The summed E-state index contributed by atoms with van der Waals surface area (Å²) >= 11 is 6.23. The van der Waals surface area contributed by atoms with Gasteiger partial charge in [0.1, 0.15) is 11.0 Å². The van der Waals surface area contributed by atoms with Crippen molar-refractivity contribution in [3.05, 3.63) is 52.1 Å². The molecule has 1 aromatic carbocycles. The zero-order chi connectivity index (χ0) is 14.9. The lowest BCUT2D eigenvalue weighted by Gasteiger charge is -2.09. The standard InChI is InChI=1S/C14H15ClFN3O/c1-9-12(14(20)18(2)3)13(15)19(17-9)8-10-4-6-11(16)7-5-10/h4-7H,8H2,1-3H3. The van der Waals surface area contributed by atoms with Crippen LogP contribution in [-0.4, -0.2) is 34.7 Å². The molecule has 106 valence electrons. The first-order chi connectivity index (χ1) is 9.40. The molecule has 0 aliphatic heterocycles. The van der Waals surface area contributed by atoms with E-state index in [2.05, 4.69) is 5.10 Å². The van der Waals surface area contributed by atoms with Crippen LogP contribution in [0.5, 0.6) is 0 Å². The summed E-state index contributed by atoms with van der Waals surface area (Å²) < 4.78 is 14.4. The zero-order valence-electron chi connectivity index (χ0n) is 11.5. The molecule has 0 saturated carbocycles. The summed E-state index contributed by atoms with van der Waals surface area (Å²) in [5.74, 6) is -0.474. The largest absolute Gasteiger partial charge is 0.345 e. The summed E-state index contributed by atoms with van der Waals surface area (Å²) in [6.07, 6.45) is 0. The summed E-state index contributed by atoms with van der Waals surface area (Å²) in [5, 5.41) is 4.57. The van der Waals surface area contributed by atoms with E-state index in [0.717, 1.165) is 5.56 Å². The van der Waals surface area contributed by atoms with Gasteiger partial charge in [-0.05, 0) is 24.6 Å². The maximum atomic E-state index is 12.9. The van der Waals surface area contributed by atoms with Crippen molar-refractivity contribution in [2.24, 2.45) is 0 Å². The lowest BCUT2D eigenvalue weighted by atomic mass is 10.2. The molecule has 20 heavy (non-hydrogen) atoms. The second-order valence-corrected chi connectivity index (χ2v) is 5.09. The van der Waals surface area contributed by atoms with Crippen molar-refractivity contribution in [1.29, 1.82) is 0 Å². The van der Waals surface area contributed by atoms with Crippen molar-refractivity contribution in [1.82, 2.24) is 14.7 Å². The second kappa shape index (κ2) is 5.63. The minimum Gasteiger partial charge on any atom is -0.345 e. The van der Waals surface area contributed by atoms with Gasteiger partial charge in [-0.25, -0.2) is 9.07 Å². The highest BCUT2D eigenvalue weighted by molar-refractivity contribution is 6.33. The normalized spacial score (nSPS) is 10.7. The lowest BCUT2D eigenvalue weighted by Crippen LogP contribution is -2.22. The molecule has 0 spiro atoms. The van der Waals surface area contributed by atoms with Crippen LogP contribution in [0, 0.1) is 12.7 Å². The molecule has 1 amide bonds. The van der Waals surface area contributed by atoms with E-state index in [1.54, 1.807) is 37.8 Å². The summed E-state index contributed by atoms with van der Waals surface area (Å²) in [6.45, 7) is 2.13. The average molecular weight is 296 g/mol. The molecule has 2 rings (SSSR count). The van der Waals surface area contributed by atoms with Crippen LogP contribution >= 0.6 is 11.6 Å². The summed E-state index contributed by atoms with van der Waals surface area (Å²) in [4.78, 5) is 13.5. The molecule has 1 heterocycles. The molecule has 0 atom stereocenters. The van der Waals surface area contributed by atoms with Crippen molar-refractivity contribution >= 4 is 17.5 Å². The van der Waals surface area contributed by atoms with E-state index in [0.29, 0.717) is 23.0 Å². The Morgan fingerprint density at radius 3 is 2.50 bits per heavy atom. The van der Waals surface area contributed by atoms with Crippen LogP contribution < -0.4 is 0 Å².